The summed E-state index contributed by atoms with van der Waals surface area (Å²) < 4.78 is 36.2. The molecule has 0 fully saturated rings. The number of rotatable bonds is 9. The fourth-order valence-electron chi connectivity index (χ4n) is 4.20. The van der Waals surface area contributed by atoms with Gasteiger partial charge in [0.05, 0.1) is 35.4 Å². The fraction of sp³-hybridized carbons (Fsp3) is 0.185. The van der Waals surface area contributed by atoms with Gasteiger partial charge in [-0.25, -0.2) is 9.59 Å². The Kier molecular flexibility index (Phi) is 8.55. The number of amides is 2. The van der Waals surface area contributed by atoms with Crippen LogP contribution < -0.4 is 10.1 Å². The Balaban J connectivity index is 1.96. The number of non-ortho nitro benzene ring substituents is 1. The van der Waals surface area contributed by atoms with Crippen molar-refractivity contribution in [3.63, 3.8) is 0 Å². The number of ether oxygens (including phenoxy) is 2. The van der Waals surface area contributed by atoms with E-state index in [1.165, 1.54) is 47.4 Å². The van der Waals surface area contributed by atoms with Crippen LogP contribution in [0.15, 0.2) is 82.8 Å². The van der Waals surface area contributed by atoms with Crippen molar-refractivity contribution >= 4 is 39.3 Å². The van der Waals surface area contributed by atoms with Gasteiger partial charge in [-0.15, -0.1) is 0 Å². The molecule has 0 aromatic heterocycles. The van der Waals surface area contributed by atoms with Gasteiger partial charge in [0.15, 0.2) is 0 Å². The Morgan fingerprint density at radius 1 is 1.13 bits per heavy atom. The summed E-state index contributed by atoms with van der Waals surface area (Å²) in [5.74, 6) is -0.940. The van der Waals surface area contributed by atoms with Crippen LogP contribution in [0.5, 0.6) is 5.75 Å². The van der Waals surface area contributed by atoms with Crippen LogP contribution in [-0.2, 0) is 16.1 Å². The fourth-order valence-corrected chi connectivity index (χ4v) is 4.68. The van der Waals surface area contributed by atoms with Crippen molar-refractivity contribution in [3.05, 3.63) is 110 Å². The maximum Gasteiger partial charge on any atom is 0.387 e. The van der Waals surface area contributed by atoms with E-state index in [1.54, 1.807) is 31.2 Å². The van der Waals surface area contributed by atoms with E-state index in [0.29, 0.717) is 10.0 Å². The third-order valence-corrected chi connectivity index (χ3v) is 6.58. The molecular formula is C27H22BrF2N3O6. The van der Waals surface area contributed by atoms with Gasteiger partial charge in [-0.05, 0) is 53.9 Å². The van der Waals surface area contributed by atoms with E-state index in [9.17, 15) is 28.5 Å². The molecule has 1 heterocycles. The Morgan fingerprint density at radius 3 is 2.44 bits per heavy atom. The lowest BCUT2D eigenvalue weighted by Gasteiger charge is -2.37. The zero-order chi connectivity index (χ0) is 28.1. The van der Waals surface area contributed by atoms with Gasteiger partial charge in [-0.2, -0.15) is 8.78 Å². The molecule has 2 amide bonds. The number of nitrogens with one attached hydrogen (secondary N) is 1. The van der Waals surface area contributed by atoms with Gasteiger partial charge in [-0.1, -0.05) is 46.3 Å². The zero-order valence-electron chi connectivity index (χ0n) is 20.5. The number of urea groups is 1. The van der Waals surface area contributed by atoms with Gasteiger partial charge in [-0.3, -0.25) is 15.0 Å². The van der Waals surface area contributed by atoms with Crippen LogP contribution in [0.3, 0.4) is 0 Å². The van der Waals surface area contributed by atoms with Gasteiger partial charge in [0, 0.05) is 16.6 Å². The second-order valence-corrected chi connectivity index (χ2v) is 9.16. The van der Waals surface area contributed by atoms with Crippen molar-refractivity contribution in [3.8, 4) is 5.75 Å². The van der Waals surface area contributed by atoms with Crippen molar-refractivity contribution < 1.29 is 32.8 Å². The number of nitrogens with zero attached hydrogens (tertiary/aromatic N) is 2. The lowest BCUT2D eigenvalue weighted by molar-refractivity contribution is -0.384. The Labute approximate surface area is 230 Å². The quantitative estimate of drug-likeness (QED) is 0.178. The first-order chi connectivity index (χ1) is 18.7. The zero-order valence-corrected chi connectivity index (χ0v) is 22.1. The number of halogens is 3. The van der Waals surface area contributed by atoms with Crippen molar-refractivity contribution in [2.75, 3.05) is 6.61 Å². The Morgan fingerprint density at radius 2 is 1.82 bits per heavy atom. The molecule has 0 aliphatic carbocycles. The number of benzene rings is 3. The van der Waals surface area contributed by atoms with E-state index < -0.39 is 29.6 Å². The summed E-state index contributed by atoms with van der Waals surface area (Å²) in [7, 11) is 0. The normalized spacial score (nSPS) is 15.3. The largest absolute Gasteiger partial charge is 0.463 e. The third-order valence-electron chi connectivity index (χ3n) is 5.86. The molecule has 1 aliphatic heterocycles. The molecule has 39 heavy (non-hydrogen) atoms. The summed E-state index contributed by atoms with van der Waals surface area (Å²) in [4.78, 5) is 39.1. The van der Waals surface area contributed by atoms with Gasteiger partial charge in [0.25, 0.3) is 5.69 Å². The standard InChI is InChI=1S/C27H22BrF2N3O6/c1-2-38-25(34)22-23(20-14-19(39-26(29)30)12-13-21(20)28)31-27(35)32(15-16-6-4-3-5-7-16)24(22)17-8-10-18(11-9-17)33(36)37/h3-14,23,26H,2,15H2,1H3,(H,31,35). The Bertz CT molecular complexity index is 1420. The van der Waals surface area contributed by atoms with Gasteiger partial charge in [0.1, 0.15) is 5.75 Å². The molecule has 1 atom stereocenters. The first-order valence-corrected chi connectivity index (χ1v) is 12.5. The molecular weight excluding hydrogens is 580 g/mol. The maximum atomic E-state index is 13.6. The van der Waals surface area contributed by atoms with Gasteiger partial charge in [0.2, 0.25) is 0 Å². The molecule has 9 nitrogen and oxygen atoms in total. The molecule has 0 saturated heterocycles. The molecule has 1 unspecified atom stereocenters. The number of hydrogen-bond donors (Lipinski definition) is 1. The molecule has 3 aromatic carbocycles. The summed E-state index contributed by atoms with van der Waals surface area (Å²) in [5.41, 5.74) is 1.35. The highest BCUT2D eigenvalue weighted by Gasteiger charge is 2.40. The van der Waals surface area contributed by atoms with E-state index in [2.05, 4.69) is 26.0 Å². The minimum Gasteiger partial charge on any atom is -0.463 e. The van der Waals surface area contributed by atoms with E-state index in [1.807, 2.05) is 6.07 Å². The predicted molar refractivity (Wildman–Crippen MR) is 141 cm³/mol. The maximum absolute atomic E-state index is 13.6. The molecule has 0 saturated carbocycles. The number of nitro groups is 1. The molecule has 1 aliphatic rings. The molecule has 3 aromatic rings. The van der Waals surface area contributed by atoms with Crippen LogP contribution >= 0.6 is 15.9 Å². The number of carbonyl (C=O) groups is 2. The van der Waals surface area contributed by atoms with Crippen molar-refractivity contribution in [2.45, 2.75) is 26.1 Å². The number of hydrogen-bond acceptors (Lipinski definition) is 6. The molecule has 0 radical (unpaired) electrons. The molecule has 0 spiro atoms. The average molecular weight is 602 g/mol. The number of alkyl halides is 2. The van der Waals surface area contributed by atoms with Gasteiger partial charge < -0.3 is 14.8 Å². The summed E-state index contributed by atoms with van der Waals surface area (Å²) in [5, 5.41) is 14.1. The van der Waals surface area contributed by atoms with Crippen LogP contribution in [0.4, 0.5) is 19.3 Å². The van der Waals surface area contributed by atoms with Crippen LogP contribution in [-0.4, -0.2) is 35.0 Å². The summed E-state index contributed by atoms with van der Waals surface area (Å²) >= 11 is 3.38. The molecule has 1 N–H and O–H groups in total. The van der Waals surface area contributed by atoms with E-state index >= 15 is 0 Å². The second-order valence-electron chi connectivity index (χ2n) is 8.30. The first kappa shape index (κ1) is 27.7. The number of carbonyl (C=O) groups excluding carboxylic acids is 2. The first-order valence-electron chi connectivity index (χ1n) is 11.7. The van der Waals surface area contributed by atoms with E-state index in [0.717, 1.165) is 5.56 Å². The number of nitro benzene ring substituents is 1. The summed E-state index contributed by atoms with van der Waals surface area (Å²) in [6.07, 6.45) is 0. The topological polar surface area (TPSA) is 111 Å². The summed E-state index contributed by atoms with van der Waals surface area (Å²) in [6.45, 7) is -1.39. The lowest BCUT2D eigenvalue weighted by atomic mass is 9.91. The highest BCUT2D eigenvalue weighted by molar-refractivity contribution is 9.10. The van der Waals surface area contributed by atoms with Crippen molar-refractivity contribution in [1.29, 1.82) is 0 Å². The third kappa shape index (κ3) is 6.23. The van der Waals surface area contributed by atoms with Crippen LogP contribution in [0.1, 0.15) is 29.7 Å². The monoisotopic (exact) mass is 601 g/mol. The average Bonchev–Trinajstić information content (AvgIpc) is 2.91. The molecule has 4 rings (SSSR count). The molecule has 202 valence electrons. The number of esters is 1. The predicted octanol–water partition coefficient (Wildman–Crippen LogP) is 6.20. The van der Waals surface area contributed by atoms with Crippen molar-refractivity contribution in [1.82, 2.24) is 10.2 Å². The highest BCUT2D eigenvalue weighted by Crippen LogP contribution is 2.41. The van der Waals surface area contributed by atoms with Crippen LogP contribution in [0.25, 0.3) is 5.70 Å². The smallest absolute Gasteiger partial charge is 0.387 e. The molecule has 0 bridgehead atoms. The second kappa shape index (κ2) is 12.0. The highest BCUT2D eigenvalue weighted by atomic mass is 79.9. The lowest BCUT2D eigenvalue weighted by Crippen LogP contribution is -2.47. The molecule has 12 heteroatoms. The Hall–Kier alpha value is -4.32. The minimum absolute atomic E-state index is 0.0103. The SMILES string of the molecule is CCOC(=O)C1=C(c2ccc([N+](=O)[O-])cc2)N(Cc2ccccc2)C(=O)NC1c1cc(OC(F)F)ccc1Br. The van der Waals surface area contributed by atoms with Gasteiger partial charge >= 0.3 is 18.6 Å². The van der Waals surface area contributed by atoms with Crippen LogP contribution in [0.2, 0.25) is 0 Å². The van der Waals surface area contributed by atoms with E-state index in [4.69, 9.17) is 4.74 Å². The van der Waals surface area contributed by atoms with Crippen molar-refractivity contribution in [2.24, 2.45) is 0 Å². The minimum atomic E-state index is -3.09. The van der Waals surface area contributed by atoms with E-state index in [-0.39, 0.29) is 41.4 Å². The van der Waals surface area contributed by atoms with Crippen LogP contribution in [0, 0.1) is 10.1 Å². The summed E-state index contributed by atoms with van der Waals surface area (Å²) in [6, 6.07) is 16.8.